The number of carbonyl (C=O) groups excluding carboxylic acids is 1. The molecule has 3 aromatic heterocycles. The van der Waals surface area contributed by atoms with Crippen molar-refractivity contribution in [2.75, 3.05) is 0 Å². The summed E-state index contributed by atoms with van der Waals surface area (Å²) in [5.41, 5.74) is 2.72. The molecule has 4 rings (SSSR count). The molecule has 0 amide bonds. The van der Waals surface area contributed by atoms with Gasteiger partial charge in [0.05, 0.1) is 42.0 Å². The lowest BCUT2D eigenvalue weighted by atomic mass is 10.0. The lowest BCUT2D eigenvalue weighted by molar-refractivity contribution is 0.0983. The molecule has 0 atom stereocenters. The van der Waals surface area contributed by atoms with Crippen molar-refractivity contribution < 1.29 is 18.0 Å². The Kier molecular flexibility index (Phi) is 4.86. The summed E-state index contributed by atoms with van der Waals surface area (Å²) in [7, 11) is 0. The molecule has 0 aliphatic heterocycles. The zero-order valence-corrected chi connectivity index (χ0v) is 15.1. The maximum Gasteiger partial charge on any atom is 0.247 e. The zero-order chi connectivity index (χ0) is 20.4. The number of carbonyl (C=O) groups is 1. The number of Topliss-reactive ketones (excluding diaryl/α,β-unsaturated/α-hetero) is 1. The molecule has 0 aliphatic carbocycles. The second-order valence-corrected chi connectivity index (χ2v) is 6.24. The van der Waals surface area contributed by atoms with Crippen LogP contribution in [0.5, 0.6) is 0 Å². The molecule has 0 saturated carbocycles. The fourth-order valence-electron chi connectivity index (χ4n) is 2.85. The Bertz CT molecular complexity index is 1160. The van der Waals surface area contributed by atoms with Gasteiger partial charge in [-0.15, -0.1) is 10.2 Å². The monoisotopic (exact) mass is 393 g/mol. The summed E-state index contributed by atoms with van der Waals surface area (Å²) in [6.45, 7) is 1.92. The van der Waals surface area contributed by atoms with Crippen LogP contribution in [0.2, 0.25) is 0 Å². The molecule has 0 spiro atoms. The minimum Gasteiger partial charge on any atom is -0.423 e. The second-order valence-electron chi connectivity index (χ2n) is 6.24. The lowest BCUT2D eigenvalue weighted by Gasteiger charge is -2.08. The van der Waals surface area contributed by atoms with Gasteiger partial charge in [0.15, 0.2) is 17.4 Å². The van der Waals surface area contributed by atoms with Gasteiger partial charge in [-0.2, -0.15) is 0 Å². The van der Waals surface area contributed by atoms with E-state index < -0.39 is 23.0 Å². The molecule has 0 N–H and O–H groups in total. The first kappa shape index (κ1) is 18.5. The van der Waals surface area contributed by atoms with Gasteiger partial charge in [-0.3, -0.25) is 19.7 Å². The van der Waals surface area contributed by atoms with E-state index in [0.717, 1.165) is 29.1 Å². The maximum absolute atomic E-state index is 13.7. The van der Waals surface area contributed by atoms with Crippen molar-refractivity contribution in [2.24, 2.45) is 0 Å². The largest absolute Gasteiger partial charge is 0.423 e. The standard InChI is InChI=1S/C20H13F2N5O2/c1-11-2-3-12(20-27-26-10-29-20)4-14(11)17-9-24-13(6-25-17)5-18(28)19-15(21)7-23-8-16(19)22/h2-4,6-10H,5H2,1H3. The third kappa shape index (κ3) is 3.75. The molecule has 7 nitrogen and oxygen atoms in total. The van der Waals surface area contributed by atoms with Crippen LogP contribution >= 0.6 is 0 Å². The van der Waals surface area contributed by atoms with E-state index in [1.807, 2.05) is 25.1 Å². The summed E-state index contributed by atoms with van der Waals surface area (Å²) in [6, 6.07) is 5.59. The van der Waals surface area contributed by atoms with Crippen LogP contribution in [0.3, 0.4) is 0 Å². The van der Waals surface area contributed by atoms with E-state index in [1.54, 1.807) is 0 Å². The number of nitrogens with zero attached hydrogens (tertiary/aromatic N) is 5. The van der Waals surface area contributed by atoms with Crippen molar-refractivity contribution in [1.82, 2.24) is 25.1 Å². The number of hydrogen-bond donors (Lipinski definition) is 0. The van der Waals surface area contributed by atoms with Gasteiger partial charge in [-0.1, -0.05) is 6.07 Å². The van der Waals surface area contributed by atoms with Crippen molar-refractivity contribution in [3.63, 3.8) is 0 Å². The molecule has 3 heterocycles. The summed E-state index contributed by atoms with van der Waals surface area (Å²) in [5, 5.41) is 7.55. The van der Waals surface area contributed by atoms with Crippen molar-refractivity contribution in [1.29, 1.82) is 0 Å². The minimum absolute atomic E-state index is 0.286. The topological polar surface area (TPSA) is 94.7 Å². The Labute approximate surface area is 163 Å². The fraction of sp³-hybridized carbons (Fsp3) is 0.100. The van der Waals surface area contributed by atoms with E-state index in [0.29, 0.717) is 17.3 Å². The summed E-state index contributed by atoms with van der Waals surface area (Å²) >= 11 is 0. The average molecular weight is 393 g/mol. The van der Waals surface area contributed by atoms with Crippen LogP contribution < -0.4 is 0 Å². The summed E-state index contributed by atoms with van der Waals surface area (Å²) < 4.78 is 32.6. The number of aromatic nitrogens is 5. The van der Waals surface area contributed by atoms with E-state index in [4.69, 9.17) is 4.42 Å². The van der Waals surface area contributed by atoms with Crippen molar-refractivity contribution in [3.8, 4) is 22.7 Å². The predicted octanol–water partition coefficient (Wildman–Crippen LogP) is 3.60. The van der Waals surface area contributed by atoms with Crippen LogP contribution in [0, 0.1) is 18.6 Å². The van der Waals surface area contributed by atoms with Gasteiger partial charge in [-0.05, 0) is 24.6 Å². The number of aryl methyl sites for hydroxylation is 1. The number of pyridine rings is 1. The molecular formula is C20H13F2N5O2. The molecule has 29 heavy (non-hydrogen) atoms. The van der Waals surface area contributed by atoms with Crippen molar-refractivity contribution in [3.05, 3.63) is 77.8 Å². The first-order valence-electron chi connectivity index (χ1n) is 8.53. The smallest absolute Gasteiger partial charge is 0.247 e. The third-order valence-electron chi connectivity index (χ3n) is 4.30. The quantitative estimate of drug-likeness (QED) is 0.478. The number of rotatable bonds is 5. The number of benzene rings is 1. The van der Waals surface area contributed by atoms with Gasteiger partial charge in [-0.25, -0.2) is 8.78 Å². The highest BCUT2D eigenvalue weighted by molar-refractivity contribution is 5.97. The second kappa shape index (κ2) is 7.63. The van der Waals surface area contributed by atoms with Gasteiger partial charge in [0.1, 0.15) is 0 Å². The van der Waals surface area contributed by atoms with E-state index in [2.05, 4.69) is 25.1 Å². The van der Waals surface area contributed by atoms with Crippen molar-refractivity contribution in [2.45, 2.75) is 13.3 Å². The normalized spacial score (nSPS) is 10.9. The predicted molar refractivity (Wildman–Crippen MR) is 97.7 cm³/mol. The molecule has 1 aromatic carbocycles. The number of ketones is 1. The molecule has 0 bridgehead atoms. The first-order chi connectivity index (χ1) is 14.0. The molecule has 0 aliphatic rings. The molecule has 0 radical (unpaired) electrons. The Morgan fingerprint density at radius 3 is 2.52 bits per heavy atom. The minimum atomic E-state index is -1.01. The van der Waals surface area contributed by atoms with Crippen LogP contribution in [-0.2, 0) is 6.42 Å². The molecule has 4 aromatic rings. The molecule has 0 unspecified atom stereocenters. The summed E-state index contributed by atoms with van der Waals surface area (Å²) in [6.07, 6.45) is 5.46. The highest BCUT2D eigenvalue weighted by Gasteiger charge is 2.19. The van der Waals surface area contributed by atoms with Crippen LogP contribution in [0.15, 0.2) is 53.8 Å². The Morgan fingerprint density at radius 1 is 1.07 bits per heavy atom. The highest BCUT2D eigenvalue weighted by atomic mass is 19.1. The van der Waals surface area contributed by atoms with Crippen LogP contribution in [0.1, 0.15) is 21.6 Å². The molecular weight excluding hydrogens is 380 g/mol. The zero-order valence-electron chi connectivity index (χ0n) is 15.1. The lowest BCUT2D eigenvalue weighted by Crippen LogP contribution is -2.11. The van der Waals surface area contributed by atoms with Gasteiger partial charge < -0.3 is 4.42 Å². The van der Waals surface area contributed by atoms with Crippen molar-refractivity contribution >= 4 is 5.78 Å². The van der Waals surface area contributed by atoms with E-state index >= 15 is 0 Å². The van der Waals surface area contributed by atoms with Crippen LogP contribution in [0.4, 0.5) is 8.78 Å². The van der Waals surface area contributed by atoms with E-state index in [1.165, 1.54) is 18.8 Å². The van der Waals surface area contributed by atoms with E-state index in [9.17, 15) is 13.6 Å². The number of halogens is 2. The third-order valence-corrected chi connectivity index (χ3v) is 4.30. The fourth-order valence-corrected chi connectivity index (χ4v) is 2.85. The molecule has 144 valence electrons. The van der Waals surface area contributed by atoms with Gasteiger partial charge in [0, 0.05) is 17.3 Å². The van der Waals surface area contributed by atoms with Gasteiger partial charge in [0.2, 0.25) is 12.3 Å². The summed E-state index contributed by atoms with van der Waals surface area (Å²) in [5.74, 6) is -2.37. The van der Waals surface area contributed by atoms with Gasteiger partial charge in [0.25, 0.3) is 0 Å². The van der Waals surface area contributed by atoms with Crippen LogP contribution in [-0.4, -0.2) is 30.9 Å². The molecule has 0 fully saturated rings. The Morgan fingerprint density at radius 2 is 1.86 bits per heavy atom. The number of hydrogen-bond acceptors (Lipinski definition) is 7. The SMILES string of the molecule is Cc1ccc(-c2nnco2)cc1-c1cnc(CC(=O)c2c(F)cncc2F)cn1. The first-order valence-corrected chi connectivity index (χ1v) is 8.53. The Hall–Kier alpha value is -3.88. The van der Waals surface area contributed by atoms with Crippen LogP contribution in [0.25, 0.3) is 22.7 Å². The summed E-state index contributed by atoms with van der Waals surface area (Å²) in [4.78, 5) is 24.2. The Balaban J connectivity index is 1.59. The average Bonchev–Trinajstić information content (AvgIpc) is 3.24. The highest BCUT2D eigenvalue weighted by Crippen LogP contribution is 2.27. The molecule has 9 heteroatoms. The van der Waals surface area contributed by atoms with E-state index in [-0.39, 0.29) is 6.42 Å². The molecule has 0 saturated heterocycles. The van der Waals surface area contributed by atoms with Gasteiger partial charge >= 0.3 is 0 Å². The maximum atomic E-state index is 13.7.